The van der Waals surface area contributed by atoms with Crippen LogP contribution in [0.4, 0.5) is 22.0 Å². The molecule has 2 aromatic carbocycles. The highest BCUT2D eigenvalue weighted by molar-refractivity contribution is 6.05. The number of aromatic amines is 1. The Kier molecular flexibility index (Phi) is 11.0. The number of rotatable bonds is 9. The number of piperazine rings is 1. The highest BCUT2D eigenvalue weighted by Crippen LogP contribution is 2.39. The van der Waals surface area contributed by atoms with E-state index < -0.39 is 5.91 Å². The van der Waals surface area contributed by atoms with Crippen molar-refractivity contribution in [1.82, 2.24) is 45.6 Å². The first-order valence-corrected chi connectivity index (χ1v) is 22.5. The number of benzene rings is 2. The number of carbonyl (C=O) groups excluding carboxylic acids is 3. The molecule has 8 heterocycles. The molecule has 4 aliphatic rings. The number of fused-ring (bicyclic) bond motifs is 4. The molecule has 4 aliphatic heterocycles. The molecule has 6 aromatic rings. The minimum atomic E-state index is -0.413. The second kappa shape index (κ2) is 16.9. The fraction of sp³-hybridized carbons (Fsp3) is 0.417. The second-order valence-corrected chi connectivity index (χ2v) is 18.8. The van der Waals surface area contributed by atoms with Crippen LogP contribution in [-0.4, -0.2) is 111 Å². The lowest BCUT2D eigenvalue weighted by atomic mass is 9.95. The lowest BCUT2D eigenvalue weighted by Crippen LogP contribution is -2.58. The molecule has 0 saturated carbocycles. The van der Waals surface area contributed by atoms with Crippen LogP contribution in [0.15, 0.2) is 71.6 Å². The Morgan fingerprint density at radius 3 is 2.54 bits per heavy atom. The van der Waals surface area contributed by atoms with Gasteiger partial charge in [-0.05, 0) is 80.1 Å². The van der Waals surface area contributed by atoms with Gasteiger partial charge in [0.25, 0.3) is 0 Å². The first-order chi connectivity index (χ1) is 31.3. The van der Waals surface area contributed by atoms with Crippen molar-refractivity contribution in [2.24, 2.45) is 5.92 Å². The van der Waals surface area contributed by atoms with Crippen molar-refractivity contribution in [1.29, 1.82) is 0 Å². The second-order valence-electron chi connectivity index (χ2n) is 18.8. The number of ether oxygens (including phenoxy) is 1. The molecular formula is C48H54N12O5. The van der Waals surface area contributed by atoms with E-state index in [-0.39, 0.29) is 41.7 Å². The molecular weight excluding hydrogens is 825 g/mol. The Bertz CT molecular complexity index is 2770. The minimum Gasteiger partial charge on any atom is -0.489 e. The lowest BCUT2D eigenvalue weighted by molar-refractivity contribution is -0.120. The third kappa shape index (κ3) is 8.47. The van der Waals surface area contributed by atoms with Gasteiger partial charge in [0.15, 0.2) is 5.82 Å². The van der Waals surface area contributed by atoms with E-state index in [1.165, 1.54) is 0 Å². The monoisotopic (exact) mass is 878 g/mol. The number of imide groups is 1. The molecule has 0 aliphatic carbocycles. The first kappa shape index (κ1) is 42.1. The molecule has 2 atom stereocenters. The van der Waals surface area contributed by atoms with Crippen LogP contribution in [0.5, 0.6) is 5.75 Å². The number of urea groups is 1. The van der Waals surface area contributed by atoms with Crippen LogP contribution in [0.25, 0.3) is 33.5 Å². The molecule has 3 fully saturated rings. The lowest BCUT2D eigenvalue weighted by Gasteiger charge is -2.47. The third-order valence-corrected chi connectivity index (χ3v) is 13.2. The smallest absolute Gasteiger partial charge is 0.328 e. The zero-order valence-corrected chi connectivity index (χ0v) is 37.4. The van der Waals surface area contributed by atoms with E-state index in [2.05, 4.69) is 75.8 Å². The molecule has 0 spiro atoms. The fourth-order valence-electron chi connectivity index (χ4n) is 9.60. The number of piperidine rings is 1. The summed E-state index contributed by atoms with van der Waals surface area (Å²) in [6.07, 6.45) is 6.03. The first-order valence-electron chi connectivity index (χ1n) is 22.5. The predicted molar refractivity (Wildman–Crippen MR) is 246 cm³/mol. The van der Waals surface area contributed by atoms with Crippen molar-refractivity contribution in [2.45, 2.75) is 71.4 Å². The Balaban J connectivity index is 0.730. The SMILES string of the molecule is Cc1cc(-c2ncnc3[nH]c(-c4ccc(N5CCC(CN6CCN7c8ccc(N9CCC(=O)NC9=O)cc8OC[C@H]7C6)CC5)nc4)cc23)ccc1[C@@H](C)NC(=O)c1nc(C(C)(C)C)no1. The predicted octanol–water partition coefficient (Wildman–Crippen LogP) is 6.41. The maximum absolute atomic E-state index is 13.0. The number of nitrogens with one attached hydrogen (secondary N) is 3. The van der Waals surface area contributed by atoms with Gasteiger partial charge in [-0.3, -0.25) is 24.7 Å². The van der Waals surface area contributed by atoms with Gasteiger partial charge >= 0.3 is 17.8 Å². The summed E-state index contributed by atoms with van der Waals surface area (Å²) >= 11 is 0. The van der Waals surface area contributed by atoms with E-state index in [0.717, 1.165) is 120 Å². The summed E-state index contributed by atoms with van der Waals surface area (Å²) in [4.78, 5) is 68.0. The number of anilines is 3. The van der Waals surface area contributed by atoms with Crippen molar-refractivity contribution in [2.75, 3.05) is 67.1 Å². The van der Waals surface area contributed by atoms with Gasteiger partial charge in [-0.1, -0.05) is 38.1 Å². The van der Waals surface area contributed by atoms with Crippen molar-refractivity contribution in [3.8, 4) is 28.3 Å². The standard InChI is InChI=1S/C48H54N12O5/c1-28-20-31(6-9-35(28)29(2)52-44(62)45-55-46(56-65-45)48(3,4)5)42-36-22-37(53-43(36)51-27-50-42)32-7-11-40(49-23-32)58-15-12-30(13-16-58)24-57-18-19-59-34(25-57)26-64-39-21-33(8-10-38(39)59)60-17-14-41(61)54-47(60)63/h6-11,20-23,27,29-30,34H,12-19,24-26H2,1-5H3,(H,52,62)(H,50,51,53)(H,54,61,63)/t29-,34-/m1/s1. The Labute approximate surface area is 377 Å². The number of hydrogen-bond acceptors (Lipinski definition) is 13. The number of amides is 4. The largest absolute Gasteiger partial charge is 0.489 e. The van der Waals surface area contributed by atoms with E-state index in [9.17, 15) is 14.4 Å². The van der Waals surface area contributed by atoms with Crippen LogP contribution in [0, 0.1) is 12.8 Å². The van der Waals surface area contributed by atoms with Crippen molar-refractivity contribution in [3.63, 3.8) is 0 Å². The molecule has 17 nitrogen and oxygen atoms in total. The Morgan fingerprint density at radius 2 is 1.78 bits per heavy atom. The van der Waals surface area contributed by atoms with Crippen molar-refractivity contribution >= 4 is 46.1 Å². The number of aromatic nitrogens is 6. The summed E-state index contributed by atoms with van der Waals surface area (Å²) in [5.74, 6) is 2.18. The van der Waals surface area contributed by atoms with Gasteiger partial charge < -0.3 is 29.4 Å². The van der Waals surface area contributed by atoms with Crippen LogP contribution in [0.1, 0.15) is 80.6 Å². The molecule has 65 heavy (non-hydrogen) atoms. The highest BCUT2D eigenvalue weighted by Gasteiger charge is 2.35. The summed E-state index contributed by atoms with van der Waals surface area (Å²) in [6, 6.07) is 18.0. The van der Waals surface area contributed by atoms with Crippen LogP contribution in [0.2, 0.25) is 0 Å². The Morgan fingerprint density at radius 1 is 0.954 bits per heavy atom. The number of pyridine rings is 1. The summed E-state index contributed by atoms with van der Waals surface area (Å²) in [5.41, 5.74) is 7.87. The summed E-state index contributed by atoms with van der Waals surface area (Å²) in [5, 5.41) is 10.3. The van der Waals surface area contributed by atoms with E-state index >= 15 is 0 Å². The molecule has 17 heteroatoms. The van der Waals surface area contributed by atoms with E-state index in [1.54, 1.807) is 11.2 Å². The average molecular weight is 879 g/mol. The third-order valence-electron chi connectivity index (χ3n) is 13.2. The van der Waals surface area contributed by atoms with Gasteiger partial charge in [-0.2, -0.15) is 4.98 Å². The van der Waals surface area contributed by atoms with E-state index in [1.807, 2.05) is 65.1 Å². The van der Waals surface area contributed by atoms with Crippen LogP contribution < -0.4 is 30.1 Å². The molecule has 336 valence electrons. The van der Waals surface area contributed by atoms with Crippen molar-refractivity contribution in [3.05, 3.63) is 90.0 Å². The van der Waals surface area contributed by atoms with Gasteiger partial charge in [-0.15, -0.1) is 0 Å². The zero-order valence-electron chi connectivity index (χ0n) is 37.4. The summed E-state index contributed by atoms with van der Waals surface area (Å²) in [6.45, 7) is 16.7. The van der Waals surface area contributed by atoms with Gasteiger partial charge in [0, 0.05) is 97.8 Å². The van der Waals surface area contributed by atoms with E-state index in [4.69, 9.17) is 19.2 Å². The van der Waals surface area contributed by atoms with Crippen LogP contribution in [-0.2, 0) is 10.2 Å². The average Bonchev–Trinajstić information content (AvgIpc) is 3.99. The molecule has 4 amide bonds. The molecule has 0 radical (unpaired) electrons. The minimum absolute atomic E-state index is 0.0513. The highest BCUT2D eigenvalue weighted by atomic mass is 16.5. The molecule has 0 unspecified atom stereocenters. The van der Waals surface area contributed by atoms with Crippen LogP contribution >= 0.6 is 0 Å². The van der Waals surface area contributed by atoms with Crippen LogP contribution in [0.3, 0.4) is 0 Å². The summed E-state index contributed by atoms with van der Waals surface area (Å²) < 4.78 is 11.5. The van der Waals surface area contributed by atoms with Gasteiger partial charge in [0.2, 0.25) is 5.91 Å². The number of carbonyl (C=O) groups is 3. The van der Waals surface area contributed by atoms with Gasteiger partial charge in [0.05, 0.1) is 23.5 Å². The molecule has 3 saturated heterocycles. The number of hydrogen-bond donors (Lipinski definition) is 3. The number of aryl methyl sites for hydroxylation is 1. The Hall–Kier alpha value is -6.88. The number of nitrogens with zero attached hydrogens (tertiary/aromatic N) is 9. The topological polar surface area (TPSA) is 191 Å². The van der Waals surface area contributed by atoms with Gasteiger partial charge in [0.1, 0.15) is 30.1 Å². The maximum atomic E-state index is 13.0. The molecule has 0 bridgehead atoms. The van der Waals surface area contributed by atoms with E-state index in [0.29, 0.717) is 24.9 Å². The number of H-pyrrole nitrogens is 1. The summed E-state index contributed by atoms with van der Waals surface area (Å²) in [7, 11) is 0. The zero-order chi connectivity index (χ0) is 45.0. The van der Waals surface area contributed by atoms with Crippen molar-refractivity contribution < 1.29 is 23.6 Å². The fourth-order valence-corrected chi connectivity index (χ4v) is 9.60. The molecule has 4 aromatic heterocycles. The normalized spacial score (nSPS) is 18.8. The van der Waals surface area contributed by atoms with Gasteiger partial charge in [-0.25, -0.2) is 19.7 Å². The molecule has 3 N–H and O–H groups in total. The molecule has 10 rings (SSSR count). The maximum Gasteiger partial charge on any atom is 0.328 e. The quantitative estimate of drug-likeness (QED) is 0.145.